The number of benzene rings is 2. The lowest BCUT2D eigenvalue weighted by atomic mass is 10.0. The van der Waals surface area contributed by atoms with Gasteiger partial charge in [0.05, 0.1) is 0 Å². The summed E-state index contributed by atoms with van der Waals surface area (Å²) in [6.45, 7) is 0.776. The third kappa shape index (κ3) is 3.43. The Morgan fingerprint density at radius 2 is 1.63 bits per heavy atom. The highest BCUT2D eigenvalue weighted by Crippen LogP contribution is 2.36. The lowest BCUT2D eigenvalue weighted by molar-refractivity contribution is 0.0128. The van der Waals surface area contributed by atoms with Gasteiger partial charge >= 0.3 is 0 Å². The summed E-state index contributed by atoms with van der Waals surface area (Å²) >= 11 is 0. The maximum absolute atomic E-state index is 13.3. The van der Waals surface area contributed by atoms with Crippen LogP contribution in [-0.4, -0.2) is 26.1 Å². The van der Waals surface area contributed by atoms with Gasteiger partial charge < -0.3 is 19.7 Å². The van der Waals surface area contributed by atoms with Crippen LogP contribution in [0.15, 0.2) is 59.1 Å². The predicted octanol–water partition coefficient (Wildman–Crippen LogP) is 4.95. The van der Waals surface area contributed by atoms with Gasteiger partial charge in [0.25, 0.3) is 5.92 Å². The van der Waals surface area contributed by atoms with Gasteiger partial charge in [-0.1, -0.05) is 12.1 Å². The van der Waals surface area contributed by atoms with Crippen LogP contribution in [0.4, 0.5) is 8.78 Å². The van der Waals surface area contributed by atoms with Crippen LogP contribution in [0, 0.1) is 0 Å². The molecule has 0 bridgehead atoms. The first kappa shape index (κ1) is 19.4. The van der Waals surface area contributed by atoms with Gasteiger partial charge in [-0.2, -0.15) is 8.78 Å². The number of halogens is 2. The van der Waals surface area contributed by atoms with Gasteiger partial charge in [-0.15, -0.1) is 0 Å². The number of pyridine rings is 1. The Kier molecular flexibility index (Phi) is 4.42. The molecule has 152 valence electrons. The molecular formula is C22H15F2NO5. The molecule has 4 aromatic rings. The number of phenolic OH excluding ortho intramolecular Hbond substituents is 3. The molecule has 2 heterocycles. The number of nitrogens with zero attached hydrogens (tertiary/aromatic N) is 1. The molecule has 2 aromatic heterocycles. The first-order chi connectivity index (χ1) is 14.1. The molecule has 0 atom stereocenters. The summed E-state index contributed by atoms with van der Waals surface area (Å²) < 4.78 is 32.2. The van der Waals surface area contributed by atoms with Crippen molar-refractivity contribution in [3.05, 3.63) is 71.7 Å². The normalized spacial score (nSPS) is 11.7. The number of aromatic nitrogens is 1. The smallest absolute Gasteiger partial charge is 0.286 e. The summed E-state index contributed by atoms with van der Waals surface area (Å²) in [4.78, 5) is 16.4. The topological polar surface area (TPSA) is 104 Å². The number of ketones is 1. The average molecular weight is 411 g/mol. The number of furan rings is 1. The zero-order valence-electron chi connectivity index (χ0n) is 15.6. The summed E-state index contributed by atoms with van der Waals surface area (Å²) in [6.07, 6.45) is 1.35. The average Bonchev–Trinajstić information content (AvgIpc) is 3.14. The third-order valence-corrected chi connectivity index (χ3v) is 4.62. The van der Waals surface area contributed by atoms with Crippen molar-refractivity contribution in [3.8, 4) is 28.4 Å². The molecule has 0 unspecified atom stereocenters. The van der Waals surface area contributed by atoms with Crippen LogP contribution in [0.25, 0.3) is 22.1 Å². The number of phenols is 3. The largest absolute Gasteiger partial charge is 0.504 e. The monoisotopic (exact) mass is 411 g/mol. The first-order valence-corrected chi connectivity index (χ1v) is 8.81. The van der Waals surface area contributed by atoms with Gasteiger partial charge in [0.2, 0.25) is 5.78 Å². The Balaban J connectivity index is 1.68. The molecule has 0 aliphatic carbocycles. The van der Waals surface area contributed by atoms with Crippen molar-refractivity contribution in [1.82, 2.24) is 4.98 Å². The molecule has 0 aliphatic rings. The molecule has 6 nitrogen and oxygen atoms in total. The van der Waals surface area contributed by atoms with E-state index in [0.717, 1.165) is 19.1 Å². The van der Waals surface area contributed by atoms with Crippen LogP contribution < -0.4 is 0 Å². The van der Waals surface area contributed by atoms with Gasteiger partial charge in [-0.05, 0) is 42.0 Å². The number of rotatable bonds is 4. The minimum Gasteiger partial charge on any atom is -0.504 e. The Morgan fingerprint density at radius 1 is 0.967 bits per heavy atom. The van der Waals surface area contributed by atoms with E-state index in [4.69, 9.17) is 4.42 Å². The van der Waals surface area contributed by atoms with E-state index < -0.39 is 29.0 Å². The number of fused-ring (bicyclic) bond motifs is 1. The maximum atomic E-state index is 13.3. The molecule has 8 heteroatoms. The van der Waals surface area contributed by atoms with Crippen LogP contribution in [-0.2, 0) is 5.92 Å². The Morgan fingerprint density at radius 3 is 2.23 bits per heavy atom. The summed E-state index contributed by atoms with van der Waals surface area (Å²) in [5.74, 6) is -5.66. The van der Waals surface area contributed by atoms with Crippen molar-refractivity contribution in [2.45, 2.75) is 12.8 Å². The zero-order chi connectivity index (χ0) is 21.6. The van der Waals surface area contributed by atoms with E-state index >= 15 is 0 Å². The number of aromatic hydroxyl groups is 3. The quantitative estimate of drug-likeness (QED) is 0.324. The molecule has 0 aliphatic heterocycles. The van der Waals surface area contributed by atoms with Gasteiger partial charge in [0.1, 0.15) is 11.3 Å². The Hall–Kier alpha value is -3.94. The van der Waals surface area contributed by atoms with E-state index in [1.165, 1.54) is 24.4 Å². The van der Waals surface area contributed by atoms with Crippen LogP contribution in [0.5, 0.6) is 17.2 Å². The second-order valence-corrected chi connectivity index (χ2v) is 6.88. The molecule has 2 aromatic carbocycles. The Labute approximate surface area is 168 Å². The first-order valence-electron chi connectivity index (χ1n) is 8.81. The molecule has 30 heavy (non-hydrogen) atoms. The van der Waals surface area contributed by atoms with Crippen molar-refractivity contribution >= 4 is 16.8 Å². The molecule has 0 amide bonds. The number of carbonyl (C=O) groups excluding carboxylic acids is 1. The van der Waals surface area contributed by atoms with E-state index in [1.807, 2.05) is 0 Å². The summed E-state index contributed by atoms with van der Waals surface area (Å²) in [6, 6.07) is 11.4. The molecule has 0 saturated carbocycles. The molecule has 0 radical (unpaired) electrons. The van der Waals surface area contributed by atoms with Gasteiger partial charge in [-0.25, -0.2) is 0 Å². The molecule has 0 saturated heterocycles. The number of alkyl halides is 2. The summed E-state index contributed by atoms with van der Waals surface area (Å²) in [5.41, 5.74) is 1.33. The van der Waals surface area contributed by atoms with Crippen molar-refractivity contribution in [1.29, 1.82) is 0 Å². The van der Waals surface area contributed by atoms with Crippen LogP contribution in [0.2, 0.25) is 0 Å². The van der Waals surface area contributed by atoms with Crippen molar-refractivity contribution in [3.63, 3.8) is 0 Å². The minimum absolute atomic E-state index is 0.0364. The SMILES string of the molecule is CC(F)(F)c1ccc(-c2ccc3oc(C(=O)c4cc(O)c(O)c(O)c4)cc3c2)cn1. The van der Waals surface area contributed by atoms with Gasteiger partial charge in [-0.3, -0.25) is 9.78 Å². The second kappa shape index (κ2) is 6.84. The molecular weight excluding hydrogens is 396 g/mol. The standard InChI is InChI=1S/C22H15F2NO5/c1-22(23,24)19-5-3-12(10-25-19)11-2-4-17-13(6-11)9-18(30-17)20(28)14-7-15(26)21(29)16(27)8-14/h2-10,26-27,29H,1H3. The third-order valence-electron chi connectivity index (χ3n) is 4.62. The fourth-order valence-corrected chi connectivity index (χ4v) is 3.04. The highest BCUT2D eigenvalue weighted by molar-refractivity contribution is 6.09. The summed E-state index contributed by atoms with van der Waals surface area (Å²) in [7, 11) is 0. The fraction of sp³-hybridized carbons (Fsp3) is 0.0909. The van der Waals surface area contributed by atoms with E-state index in [9.17, 15) is 28.9 Å². The molecule has 0 fully saturated rings. The molecule has 4 rings (SSSR count). The van der Waals surface area contributed by atoms with Crippen LogP contribution in [0.1, 0.15) is 28.7 Å². The van der Waals surface area contributed by atoms with Crippen molar-refractivity contribution in [2.75, 3.05) is 0 Å². The van der Waals surface area contributed by atoms with E-state index in [1.54, 1.807) is 18.2 Å². The highest BCUT2D eigenvalue weighted by Gasteiger charge is 2.25. The number of hydrogen-bond acceptors (Lipinski definition) is 6. The molecule has 3 N–H and O–H groups in total. The highest BCUT2D eigenvalue weighted by atomic mass is 19.3. The van der Waals surface area contributed by atoms with E-state index in [2.05, 4.69) is 4.98 Å². The fourth-order valence-electron chi connectivity index (χ4n) is 3.04. The van der Waals surface area contributed by atoms with Crippen LogP contribution >= 0.6 is 0 Å². The lowest BCUT2D eigenvalue weighted by Gasteiger charge is -2.09. The van der Waals surface area contributed by atoms with Gasteiger partial charge in [0.15, 0.2) is 23.0 Å². The van der Waals surface area contributed by atoms with Crippen LogP contribution in [0.3, 0.4) is 0 Å². The minimum atomic E-state index is -3.03. The maximum Gasteiger partial charge on any atom is 0.286 e. The van der Waals surface area contributed by atoms with Gasteiger partial charge in [0, 0.05) is 29.6 Å². The molecule has 0 spiro atoms. The zero-order valence-corrected chi connectivity index (χ0v) is 15.6. The van der Waals surface area contributed by atoms with Crippen molar-refractivity contribution in [2.24, 2.45) is 0 Å². The number of hydrogen-bond donors (Lipinski definition) is 3. The van der Waals surface area contributed by atoms with E-state index in [0.29, 0.717) is 22.1 Å². The second-order valence-electron chi connectivity index (χ2n) is 6.88. The predicted molar refractivity (Wildman–Crippen MR) is 104 cm³/mol. The number of carbonyl (C=O) groups is 1. The Bertz CT molecular complexity index is 1250. The lowest BCUT2D eigenvalue weighted by Crippen LogP contribution is -2.09. The summed E-state index contributed by atoms with van der Waals surface area (Å²) in [5, 5.41) is 29.2. The van der Waals surface area contributed by atoms with E-state index in [-0.39, 0.29) is 17.0 Å². The van der Waals surface area contributed by atoms with Crippen molar-refractivity contribution < 1.29 is 33.3 Å².